The number of rotatable bonds is 2. The van der Waals surface area contributed by atoms with Crippen LogP contribution in [0.3, 0.4) is 0 Å². The van der Waals surface area contributed by atoms with Crippen molar-refractivity contribution in [1.82, 2.24) is 9.80 Å². The molecule has 1 fully saturated rings. The standard InChI is InChI=1S/C15H19N3O/c1-12-11-17(2)8-9-18(12)15(19)14(10-16)13-6-4-3-5-7-13/h3-7,12,14H,8-9,11H2,1-2H3. The van der Waals surface area contributed by atoms with Crippen LogP contribution in [0.2, 0.25) is 0 Å². The topological polar surface area (TPSA) is 47.3 Å². The van der Waals surface area contributed by atoms with Crippen molar-refractivity contribution in [3.8, 4) is 6.07 Å². The van der Waals surface area contributed by atoms with Gasteiger partial charge in [0.1, 0.15) is 5.92 Å². The van der Waals surface area contributed by atoms with Crippen molar-refractivity contribution in [2.75, 3.05) is 26.7 Å². The predicted molar refractivity (Wildman–Crippen MR) is 73.5 cm³/mol. The number of benzene rings is 1. The van der Waals surface area contributed by atoms with Crippen LogP contribution in [0, 0.1) is 11.3 Å². The summed E-state index contributed by atoms with van der Waals surface area (Å²) in [5, 5.41) is 9.31. The van der Waals surface area contributed by atoms with E-state index in [2.05, 4.69) is 18.0 Å². The maximum atomic E-state index is 12.5. The van der Waals surface area contributed by atoms with Crippen LogP contribution in [-0.2, 0) is 4.79 Å². The molecule has 0 spiro atoms. The molecule has 0 aromatic heterocycles. The van der Waals surface area contributed by atoms with Gasteiger partial charge < -0.3 is 9.80 Å². The molecule has 1 aromatic rings. The lowest BCUT2D eigenvalue weighted by molar-refractivity contribution is -0.135. The second-order valence-corrected chi connectivity index (χ2v) is 5.12. The van der Waals surface area contributed by atoms with E-state index in [-0.39, 0.29) is 11.9 Å². The third-order valence-electron chi connectivity index (χ3n) is 3.62. The van der Waals surface area contributed by atoms with Crippen LogP contribution in [0.5, 0.6) is 0 Å². The fraction of sp³-hybridized carbons (Fsp3) is 0.467. The van der Waals surface area contributed by atoms with Crippen LogP contribution < -0.4 is 0 Å². The quantitative estimate of drug-likeness (QED) is 0.805. The lowest BCUT2D eigenvalue weighted by atomic mass is 9.98. The Kier molecular flexibility index (Phi) is 4.18. The lowest BCUT2D eigenvalue weighted by Gasteiger charge is -2.39. The van der Waals surface area contributed by atoms with E-state index in [1.807, 2.05) is 42.2 Å². The Bertz CT molecular complexity index is 480. The largest absolute Gasteiger partial charge is 0.336 e. The van der Waals surface area contributed by atoms with Gasteiger partial charge in [0.25, 0.3) is 0 Å². The van der Waals surface area contributed by atoms with E-state index >= 15 is 0 Å². The number of nitriles is 1. The summed E-state index contributed by atoms with van der Waals surface area (Å²) in [6.07, 6.45) is 0. The van der Waals surface area contributed by atoms with E-state index < -0.39 is 5.92 Å². The molecule has 2 rings (SSSR count). The van der Waals surface area contributed by atoms with Gasteiger partial charge in [-0.15, -0.1) is 0 Å². The molecule has 19 heavy (non-hydrogen) atoms. The van der Waals surface area contributed by atoms with Crippen molar-refractivity contribution in [2.45, 2.75) is 18.9 Å². The van der Waals surface area contributed by atoms with Crippen molar-refractivity contribution in [1.29, 1.82) is 5.26 Å². The number of amides is 1. The highest BCUT2D eigenvalue weighted by atomic mass is 16.2. The van der Waals surface area contributed by atoms with Crippen LogP contribution in [0.4, 0.5) is 0 Å². The minimum atomic E-state index is -0.688. The number of nitrogens with zero attached hydrogens (tertiary/aromatic N) is 3. The summed E-state index contributed by atoms with van der Waals surface area (Å²) in [7, 11) is 2.05. The van der Waals surface area contributed by atoms with Gasteiger partial charge in [0.15, 0.2) is 0 Å². The van der Waals surface area contributed by atoms with Crippen LogP contribution in [-0.4, -0.2) is 48.4 Å². The summed E-state index contributed by atoms with van der Waals surface area (Å²) in [5.41, 5.74) is 0.779. The zero-order valence-electron chi connectivity index (χ0n) is 11.4. The maximum absolute atomic E-state index is 12.5. The molecule has 0 N–H and O–H groups in total. The van der Waals surface area contributed by atoms with E-state index in [0.717, 1.165) is 18.7 Å². The highest BCUT2D eigenvalue weighted by molar-refractivity contribution is 5.86. The highest BCUT2D eigenvalue weighted by Crippen LogP contribution is 2.20. The van der Waals surface area contributed by atoms with Crippen molar-refractivity contribution in [3.05, 3.63) is 35.9 Å². The van der Waals surface area contributed by atoms with Gasteiger partial charge >= 0.3 is 0 Å². The van der Waals surface area contributed by atoms with Gasteiger partial charge in [0, 0.05) is 25.7 Å². The molecule has 4 nitrogen and oxygen atoms in total. The first kappa shape index (κ1) is 13.6. The highest BCUT2D eigenvalue weighted by Gasteiger charge is 2.31. The van der Waals surface area contributed by atoms with Gasteiger partial charge in [-0.1, -0.05) is 30.3 Å². The normalized spacial score (nSPS) is 21.7. The lowest BCUT2D eigenvalue weighted by Crippen LogP contribution is -2.53. The number of hydrogen-bond acceptors (Lipinski definition) is 3. The molecule has 100 valence electrons. The Morgan fingerprint density at radius 1 is 1.37 bits per heavy atom. The predicted octanol–water partition coefficient (Wildman–Crippen LogP) is 1.46. The molecule has 1 aliphatic rings. The third-order valence-corrected chi connectivity index (χ3v) is 3.62. The van der Waals surface area contributed by atoms with E-state index in [1.165, 1.54) is 0 Å². The van der Waals surface area contributed by atoms with Gasteiger partial charge in [-0.05, 0) is 19.5 Å². The molecule has 1 heterocycles. The number of carbonyl (C=O) groups excluding carboxylic acids is 1. The Morgan fingerprint density at radius 2 is 2.05 bits per heavy atom. The molecule has 2 unspecified atom stereocenters. The fourth-order valence-electron chi connectivity index (χ4n) is 2.55. The molecule has 2 atom stereocenters. The Hall–Kier alpha value is -1.86. The van der Waals surface area contributed by atoms with E-state index in [4.69, 9.17) is 0 Å². The summed E-state index contributed by atoms with van der Waals surface area (Å²) in [6.45, 7) is 4.45. The molecule has 0 aliphatic carbocycles. The minimum absolute atomic E-state index is 0.0747. The summed E-state index contributed by atoms with van der Waals surface area (Å²) >= 11 is 0. The molecule has 0 radical (unpaired) electrons. The first-order chi connectivity index (χ1) is 9.13. The van der Waals surface area contributed by atoms with Gasteiger partial charge in [-0.25, -0.2) is 0 Å². The molecule has 0 saturated carbocycles. The first-order valence-corrected chi connectivity index (χ1v) is 6.57. The average molecular weight is 257 g/mol. The fourth-order valence-corrected chi connectivity index (χ4v) is 2.55. The number of likely N-dealkylation sites (N-methyl/N-ethyl adjacent to an activating group) is 1. The Labute approximate surface area is 114 Å². The van der Waals surface area contributed by atoms with Crippen LogP contribution in [0.25, 0.3) is 0 Å². The summed E-state index contributed by atoms with van der Waals surface area (Å²) < 4.78 is 0. The van der Waals surface area contributed by atoms with Gasteiger partial charge in [-0.3, -0.25) is 4.79 Å². The van der Waals surface area contributed by atoms with E-state index in [9.17, 15) is 10.1 Å². The zero-order chi connectivity index (χ0) is 13.8. The number of hydrogen-bond donors (Lipinski definition) is 0. The Morgan fingerprint density at radius 3 is 2.63 bits per heavy atom. The van der Waals surface area contributed by atoms with Crippen molar-refractivity contribution < 1.29 is 4.79 Å². The summed E-state index contributed by atoms with van der Waals surface area (Å²) in [6, 6.07) is 11.6. The smallest absolute Gasteiger partial charge is 0.244 e. The minimum Gasteiger partial charge on any atom is -0.336 e. The zero-order valence-corrected chi connectivity index (χ0v) is 11.4. The van der Waals surface area contributed by atoms with Crippen molar-refractivity contribution in [2.24, 2.45) is 0 Å². The van der Waals surface area contributed by atoms with E-state index in [0.29, 0.717) is 6.54 Å². The second kappa shape index (κ2) is 5.85. The molecular weight excluding hydrogens is 238 g/mol. The third kappa shape index (κ3) is 2.94. The van der Waals surface area contributed by atoms with E-state index in [1.54, 1.807) is 0 Å². The number of carbonyl (C=O) groups is 1. The molecule has 1 amide bonds. The monoisotopic (exact) mass is 257 g/mol. The van der Waals surface area contributed by atoms with Crippen LogP contribution in [0.1, 0.15) is 18.4 Å². The first-order valence-electron chi connectivity index (χ1n) is 6.57. The molecule has 0 bridgehead atoms. The van der Waals surface area contributed by atoms with Crippen LogP contribution in [0.15, 0.2) is 30.3 Å². The van der Waals surface area contributed by atoms with Gasteiger partial charge in [0.05, 0.1) is 6.07 Å². The molecule has 1 aliphatic heterocycles. The molecule has 1 saturated heterocycles. The summed E-state index contributed by atoms with van der Waals surface area (Å²) in [5.74, 6) is -0.763. The van der Waals surface area contributed by atoms with Gasteiger partial charge in [0.2, 0.25) is 5.91 Å². The average Bonchev–Trinajstić information content (AvgIpc) is 2.40. The molecular formula is C15H19N3O. The molecule has 1 aromatic carbocycles. The van der Waals surface area contributed by atoms with Crippen LogP contribution >= 0.6 is 0 Å². The number of piperazine rings is 1. The second-order valence-electron chi connectivity index (χ2n) is 5.12. The Balaban J connectivity index is 2.16. The van der Waals surface area contributed by atoms with Gasteiger partial charge in [-0.2, -0.15) is 5.26 Å². The van der Waals surface area contributed by atoms with Crippen molar-refractivity contribution in [3.63, 3.8) is 0 Å². The maximum Gasteiger partial charge on any atom is 0.244 e. The summed E-state index contributed by atoms with van der Waals surface area (Å²) in [4.78, 5) is 16.6. The molecule has 4 heteroatoms. The SMILES string of the molecule is CC1CN(C)CCN1C(=O)C(C#N)c1ccccc1. The van der Waals surface area contributed by atoms with Crippen molar-refractivity contribution >= 4 is 5.91 Å².